The van der Waals surface area contributed by atoms with Crippen molar-refractivity contribution in [2.24, 2.45) is 0 Å². The van der Waals surface area contributed by atoms with E-state index in [0.29, 0.717) is 0 Å². The van der Waals surface area contributed by atoms with E-state index in [9.17, 15) is 0 Å². The van der Waals surface area contributed by atoms with Gasteiger partial charge in [-0.1, -0.05) is 0 Å². The maximum Gasteiger partial charge on any atom is 0.222 e. The minimum absolute atomic E-state index is 0.804. The van der Waals surface area contributed by atoms with Crippen molar-refractivity contribution in [1.82, 2.24) is 4.98 Å². The fourth-order valence-electron chi connectivity index (χ4n) is 0.461. The van der Waals surface area contributed by atoms with E-state index in [1.165, 1.54) is 0 Å². The Hall–Kier alpha value is -0.505. The van der Waals surface area contributed by atoms with Gasteiger partial charge in [-0.05, 0) is 28.1 Å². The van der Waals surface area contributed by atoms with Crippen molar-refractivity contribution in [3.8, 4) is 0 Å². The maximum atomic E-state index is 5.09. The van der Waals surface area contributed by atoms with Crippen LogP contribution in [-0.2, 0) is 0 Å². The van der Waals surface area contributed by atoms with E-state index in [4.69, 9.17) is 7.98 Å². The third kappa shape index (κ3) is 1.71. The zero-order chi connectivity index (χ0) is 6.69. The molecule has 0 aliphatic heterocycles. The molecule has 44 valence electrons. The van der Waals surface area contributed by atoms with Crippen molar-refractivity contribution >= 4 is 29.6 Å². The van der Waals surface area contributed by atoms with Gasteiger partial charge in [0.1, 0.15) is 4.60 Å². The number of hydrogen-bond donors (Lipinski definition) is 1. The minimum Gasteiger partial charge on any atom is -0.436 e. The Bertz CT molecular complexity index is 187. The average Bonchev–Trinajstić information content (AvgIpc) is 1.90. The summed E-state index contributed by atoms with van der Waals surface area (Å²) in [5, 5.41) is 2.47. The summed E-state index contributed by atoms with van der Waals surface area (Å²) < 4.78 is 0.807. The van der Waals surface area contributed by atoms with Crippen LogP contribution in [0.25, 0.3) is 0 Å². The molecule has 0 bridgehead atoms. The lowest BCUT2D eigenvalue weighted by molar-refractivity contribution is 1.28. The second kappa shape index (κ2) is 2.87. The third-order valence-electron chi connectivity index (χ3n) is 0.894. The standard InChI is InChI=1S/C5H4BBrN2/c6-9-4-1-2-5(7)8-3-4/h1-3,9H. The van der Waals surface area contributed by atoms with Crippen LogP contribution in [0.4, 0.5) is 5.69 Å². The Morgan fingerprint density at radius 2 is 2.33 bits per heavy atom. The highest BCUT2D eigenvalue weighted by molar-refractivity contribution is 9.10. The normalized spacial score (nSPS) is 9.00. The van der Waals surface area contributed by atoms with Gasteiger partial charge in [-0.15, -0.1) is 0 Å². The van der Waals surface area contributed by atoms with Gasteiger partial charge in [0.25, 0.3) is 0 Å². The Kier molecular flexibility index (Phi) is 2.11. The van der Waals surface area contributed by atoms with Gasteiger partial charge in [-0.2, -0.15) is 0 Å². The summed E-state index contributed by atoms with van der Waals surface area (Å²) in [5.41, 5.74) is 0.804. The smallest absolute Gasteiger partial charge is 0.222 e. The molecule has 2 nitrogen and oxygen atoms in total. The van der Waals surface area contributed by atoms with Crippen LogP contribution in [0.3, 0.4) is 0 Å². The predicted octanol–water partition coefficient (Wildman–Crippen LogP) is 1.34. The van der Waals surface area contributed by atoms with Crippen molar-refractivity contribution in [3.63, 3.8) is 0 Å². The van der Waals surface area contributed by atoms with Gasteiger partial charge in [0.2, 0.25) is 7.98 Å². The molecule has 0 fully saturated rings. The van der Waals surface area contributed by atoms with Gasteiger partial charge in [0.15, 0.2) is 0 Å². The molecule has 2 radical (unpaired) electrons. The van der Waals surface area contributed by atoms with Crippen LogP contribution in [0.2, 0.25) is 0 Å². The van der Waals surface area contributed by atoms with Crippen LogP contribution in [0.5, 0.6) is 0 Å². The molecule has 9 heavy (non-hydrogen) atoms. The monoisotopic (exact) mass is 182 g/mol. The molecule has 0 atom stereocenters. The largest absolute Gasteiger partial charge is 0.436 e. The summed E-state index contributed by atoms with van der Waals surface area (Å²) in [6.07, 6.45) is 1.64. The highest BCUT2D eigenvalue weighted by Crippen LogP contribution is 2.08. The summed E-state index contributed by atoms with van der Waals surface area (Å²) in [7, 11) is 5.09. The molecule has 1 rings (SSSR count). The van der Waals surface area contributed by atoms with Crippen LogP contribution < -0.4 is 5.23 Å². The van der Waals surface area contributed by atoms with Crippen LogP contribution in [0.15, 0.2) is 22.9 Å². The number of nitrogens with zero attached hydrogens (tertiary/aromatic N) is 1. The van der Waals surface area contributed by atoms with Crippen molar-refractivity contribution in [3.05, 3.63) is 22.9 Å². The van der Waals surface area contributed by atoms with Gasteiger partial charge in [0.05, 0.1) is 6.20 Å². The molecule has 1 aromatic heterocycles. The lowest BCUT2D eigenvalue weighted by Gasteiger charge is -1.96. The van der Waals surface area contributed by atoms with Crippen LogP contribution in [0, 0.1) is 0 Å². The number of nitrogens with one attached hydrogen (secondary N) is 1. The Morgan fingerprint density at radius 3 is 2.78 bits per heavy atom. The van der Waals surface area contributed by atoms with Crippen molar-refractivity contribution < 1.29 is 0 Å². The fourth-order valence-corrected chi connectivity index (χ4v) is 0.696. The van der Waals surface area contributed by atoms with E-state index in [1.54, 1.807) is 6.20 Å². The van der Waals surface area contributed by atoms with Crippen LogP contribution >= 0.6 is 15.9 Å². The fraction of sp³-hybridized carbons (Fsp3) is 0. The molecule has 0 aliphatic rings. The maximum absolute atomic E-state index is 5.09. The number of halogens is 1. The quantitative estimate of drug-likeness (QED) is 0.524. The number of pyridine rings is 1. The lowest BCUT2D eigenvalue weighted by atomic mass is 10.3. The molecule has 0 amide bonds. The van der Waals surface area contributed by atoms with Gasteiger partial charge < -0.3 is 5.23 Å². The molecule has 4 heteroatoms. The van der Waals surface area contributed by atoms with Crippen LogP contribution in [0.1, 0.15) is 0 Å². The molecular formula is C5H4BBrN2. The van der Waals surface area contributed by atoms with Crippen LogP contribution in [-0.4, -0.2) is 13.0 Å². The summed E-state index contributed by atoms with van der Waals surface area (Å²) in [6.45, 7) is 0. The Balaban J connectivity index is 2.88. The van der Waals surface area contributed by atoms with E-state index >= 15 is 0 Å². The van der Waals surface area contributed by atoms with E-state index in [1.807, 2.05) is 12.1 Å². The minimum atomic E-state index is 0.804. The lowest BCUT2D eigenvalue weighted by Crippen LogP contribution is -1.89. The summed E-state index contributed by atoms with van der Waals surface area (Å²) in [5.74, 6) is 0. The molecule has 0 aromatic carbocycles. The second-order valence-corrected chi connectivity index (χ2v) is 2.33. The third-order valence-corrected chi connectivity index (χ3v) is 1.36. The molecular weight excluding hydrogens is 179 g/mol. The highest BCUT2D eigenvalue weighted by atomic mass is 79.9. The van der Waals surface area contributed by atoms with Gasteiger partial charge in [0, 0.05) is 5.69 Å². The van der Waals surface area contributed by atoms with Gasteiger partial charge in [-0.25, -0.2) is 4.98 Å². The first kappa shape index (κ1) is 6.61. The summed E-state index contributed by atoms with van der Waals surface area (Å²) >= 11 is 3.19. The van der Waals surface area contributed by atoms with E-state index in [0.717, 1.165) is 10.3 Å². The zero-order valence-electron chi connectivity index (χ0n) is 4.63. The summed E-state index contributed by atoms with van der Waals surface area (Å²) in [6, 6.07) is 3.65. The molecule has 0 spiro atoms. The first-order valence-electron chi connectivity index (χ1n) is 2.41. The van der Waals surface area contributed by atoms with Crippen molar-refractivity contribution in [2.45, 2.75) is 0 Å². The molecule has 0 saturated carbocycles. The predicted molar refractivity (Wildman–Crippen MR) is 41.3 cm³/mol. The van der Waals surface area contributed by atoms with Crippen molar-refractivity contribution in [1.29, 1.82) is 0 Å². The number of rotatable bonds is 1. The van der Waals surface area contributed by atoms with E-state index in [2.05, 4.69) is 26.1 Å². The first-order chi connectivity index (χ1) is 4.33. The molecule has 1 N–H and O–H groups in total. The zero-order valence-corrected chi connectivity index (χ0v) is 6.22. The highest BCUT2D eigenvalue weighted by Gasteiger charge is 1.86. The number of aromatic nitrogens is 1. The topological polar surface area (TPSA) is 24.9 Å². The molecule has 1 heterocycles. The Morgan fingerprint density at radius 1 is 1.56 bits per heavy atom. The second-order valence-electron chi connectivity index (χ2n) is 1.51. The number of hydrogen-bond acceptors (Lipinski definition) is 2. The molecule has 1 aromatic rings. The SMILES string of the molecule is [B]Nc1ccc(Br)nc1. The van der Waals surface area contributed by atoms with E-state index in [-0.39, 0.29) is 0 Å². The first-order valence-corrected chi connectivity index (χ1v) is 3.20. The van der Waals surface area contributed by atoms with Gasteiger partial charge in [-0.3, -0.25) is 0 Å². The summed E-state index contributed by atoms with van der Waals surface area (Å²) in [4.78, 5) is 3.92. The van der Waals surface area contributed by atoms with Gasteiger partial charge >= 0.3 is 0 Å². The average molecular weight is 183 g/mol. The van der Waals surface area contributed by atoms with Crippen molar-refractivity contribution in [2.75, 3.05) is 5.23 Å². The molecule has 0 unspecified atom stereocenters. The van der Waals surface area contributed by atoms with E-state index < -0.39 is 0 Å². The molecule has 0 aliphatic carbocycles. The molecule has 0 saturated heterocycles. The Labute approximate surface area is 63.2 Å². The number of anilines is 1.